The van der Waals surface area contributed by atoms with E-state index in [4.69, 9.17) is 0 Å². The van der Waals surface area contributed by atoms with Crippen molar-refractivity contribution in [3.8, 4) is 0 Å². The van der Waals surface area contributed by atoms with Gasteiger partial charge in [0, 0.05) is 28.6 Å². The number of aromatic nitrogens is 1. The minimum atomic E-state index is -4.47. The summed E-state index contributed by atoms with van der Waals surface area (Å²) in [6, 6.07) is 8.01. The Labute approximate surface area is 198 Å². The Hall–Kier alpha value is -1.36. The molecule has 0 spiro atoms. The molecule has 0 aliphatic heterocycles. The molecule has 3 rings (SSSR count). The van der Waals surface area contributed by atoms with Crippen molar-refractivity contribution in [3.63, 3.8) is 0 Å². The lowest BCUT2D eigenvalue weighted by atomic mass is 9.86. The quantitative estimate of drug-likeness (QED) is 0.382. The fraction of sp³-hybridized carbons (Fsp3) is 0.609. The van der Waals surface area contributed by atoms with E-state index < -0.39 is 26.6 Å². The summed E-state index contributed by atoms with van der Waals surface area (Å²) in [4.78, 5) is 4.34. The van der Waals surface area contributed by atoms with Gasteiger partial charge in [0.25, 0.3) is 0 Å². The van der Waals surface area contributed by atoms with Gasteiger partial charge >= 0.3 is 6.18 Å². The van der Waals surface area contributed by atoms with Gasteiger partial charge in [-0.1, -0.05) is 18.2 Å². The van der Waals surface area contributed by atoms with E-state index in [9.17, 15) is 21.6 Å². The lowest BCUT2D eigenvalue weighted by Gasteiger charge is -2.31. The second-order valence-electron chi connectivity index (χ2n) is 9.52. The molecule has 0 amide bonds. The van der Waals surface area contributed by atoms with Crippen LogP contribution in [0.4, 0.5) is 13.2 Å². The monoisotopic (exact) mass is 503 g/mol. The maximum Gasteiger partial charge on any atom is 0.433 e. The number of rotatable bonds is 8. The fourth-order valence-electron chi connectivity index (χ4n) is 3.83. The first-order valence-corrected chi connectivity index (χ1v) is 13.7. The molecule has 1 fully saturated rings. The maximum atomic E-state index is 13.2. The maximum absolute atomic E-state index is 13.2. The molecule has 0 unspecified atom stereocenters. The molecule has 2 N–H and O–H groups in total. The van der Waals surface area contributed by atoms with Gasteiger partial charge in [0.1, 0.15) is 5.69 Å². The molecule has 1 aromatic carbocycles. The minimum Gasteiger partial charge on any atom is -0.316 e. The van der Waals surface area contributed by atoms with Crippen molar-refractivity contribution in [2.75, 3.05) is 18.8 Å². The van der Waals surface area contributed by atoms with Gasteiger partial charge in [0.2, 0.25) is 10.0 Å². The van der Waals surface area contributed by atoms with Crippen LogP contribution in [0.3, 0.4) is 0 Å². The van der Waals surface area contributed by atoms with Crippen molar-refractivity contribution < 1.29 is 21.6 Å². The molecule has 2 aromatic rings. The van der Waals surface area contributed by atoms with Gasteiger partial charge < -0.3 is 5.32 Å². The summed E-state index contributed by atoms with van der Waals surface area (Å²) in [7, 11) is -3.34. The van der Waals surface area contributed by atoms with Crippen LogP contribution in [0.15, 0.2) is 35.2 Å². The van der Waals surface area contributed by atoms with E-state index in [1.807, 2.05) is 0 Å². The lowest BCUT2D eigenvalue weighted by Crippen LogP contribution is -2.46. The predicted molar refractivity (Wildman–Crippen MR) is 128 cm³/mol. The second kappa shape index (κ2) is 10.5. The number of benzene rings is 1. The Balaban J connectivity index is 1.44. The second-order valence-corrected chi connectivity index (χ2v) is 13.1. The van der Waals surface area contributed by atoms with Gasteiger partial charge in [-0.3, -0.25) is 0 Å². The molecule has 1 aromatic heterocycles. The zero-order valence-electron chi connectivity index (χ0n) is 19.2. The molecule has 5 nitrogen and oxygen atoms in total. The standard InChI is InChI=1S/C23H32F3N3O2S2/c1-22(2,3)33(30,31)29-17-10-8-16(9-11-17)15-27-12-13-32-20-14-21(23(24,25)26)28-19-7-5-4-6-18(19)20/h4-7,14,16-17,27,29H,8-13,15H2,1-3H3. The van der Waals surface area contributed by atoms with Crippen LogP contribution in [0.25, 0.3) is 10.9 Å². The van der Waals surface area contributed by atoms with Crippen LogP contribution in [-0.4, -0.2) is 43.0 Å². The number of hydrogen-bond acceptors (Lipinski definition) is 5. The highest BCUT2D eigenvalue weighted by atomic mass is 32.2. The first-order chi connectivity index (χ1) is 15.4. The molecule has 0 bridgehead atoms. The zero-order valence-corrected chi connectivity index (χ0v) is 20.8. The zero-order chi connectivity index (χ0) is 24.3. The Morgan fingerprint density at radius 3 is 2.39 bits per heavy atom. The van der Waals surface area contributed by atoms with Gasteiger partial charge in [-0.15, -0.1) is 11.8 Å². The molecule has 0 saturated heterocycles. The number of alkyl halides is 3. The van der Waals surface area contributed by atoms with Crippen LogP contribution in [0, 0.1) is 5.92 Å². The van der Waals surface area contributed by atoms with E-state index in [1.54, 1.807) is 45.0 Å². The van der Waals surface area contributed by atoms with E-state index in [0.717, 1.165) is 43.7 Å². The number of para-hydroxylation sites is 1. The van der Waals surface area contributed by atoms with Crippen LogP contribution in [0.5, 0.6) is 0 Å². The van der Waals surface area contributed by atoms with E-state index >= 15 is 0 Å². The highest BCUT2D eigenvalue weighted by molar-refractivity contribution is 7.99. The molecule has 1 aliphatic rings. The molecule has 0 atom stereocenters. The number of nitrogens with zero attached hydrogens (tertiary/aromatic N) is 1. The number of fused-ring (bicyclic) bond motifs is 1. The molecule has 1 heterocycles. The Morgan fingerprint density at radius 1 is 1.09 bits per heavy atom. The summed E-state index contributed by atoms with van der Waals surface area (Å²) in [6.07, 6.45) is -0.945. The Bertz CT molecular complexity index is 1050. The van der Waals surface area contributed by atoms with Crippen molar-refractivity contribution >= 4 is 32.7 Å². The van der Waals surface area contributed by atoms with Gasteiger partial charge in [-0.2, -0.15) is 13.2 Å². The van der Waals surface area contributed by atoms with Crippen molar-refractivity contribution in [1.82, 2.24) is 15.0 Å². The molecule has 1 saturated carbocycles. The average molecular weight is 504 g/mol. The van der Waals surface area contributed by atoms with Gasteiger partial charge in [0.15, 0.2) is 0 Å². The predicted octanol–water partition coefficient (Wildman–Crippen LogP) is 5.21. The van der Waals surface area contributed by atoms with Crippen LogP contribution >= 0.6 is 11.8 Å². The van der Waals surface area contributed by atoms with E-state index in [1.165, 1.54) is 11.8 Å². The number of nitrogens with one attached hydrogen (secondary N) is 2. The smallest absolute Gasteiger partial charge is 0.316 e. The Kier molecular flexibility index (Phi) is 8.35. The highest BCUT2D eigenvalue weighted by Gasteiger charge is 2.34. The van der Waals surface area contributed by atoms with Gasteiger partial charge in [0.05, 0.1) is 10.3 Å². The summed E-state index contributed by atoms with van der Waals surface area (Å²) in [5.74, 6) is 1.12. The summed E-state index contributed by atoms with van der Waals surface area (Å²) < 4.78 is 66.3. The molecule has 1 aliphatic carbocycles. The van der Waals surface area contributed by atoms with Crippen molar-refractivity contribution in [3.05, 3.63) is 36.0 Å². The number of thioether (sulfide) groups is 1. The van der Waals surface area contributed by atoms with Crippen molar-refractivity contribution in [1.29, 1.82) is 0 Å². The third-order valence-electron chi connectivity index (χ3n) is 5.91. The molecule has 10 heteroatoms. The molecule has 33 heavy (non-hydrogen) atoms. The van der Waals surface area contributed by atoms with Crippen LogP contribution in [0.1, 0.15) is 52.1 Å². The third kappa shape index (κ3) is 7.07. The third-order valence-corrected chi connectivity index (χ3v) is 9.23. The lowest BCUT2D eigenvalue weighted by molar-refractivity contribution is -0.141. The normalized spacial score (nSPS) is 20.3. The summed E-state index contributed by atoms with van der Waals surface area (Å²) in [6.45, 7) is 6.59. The molecule has 184 valence electrons. The van der Waals surface area contributed by atoms with Gasteiger partial charge in [-0.25, -0.2) is 18.1 Å². The Morgan fingerprint density at radius 2 is 1.76 bits per heavy atom. The van der Waals surface area contributed by atoms with Crippen molar-refractivity contribution in [2.24, 2.45) is 5.92 Å². The number of sulfonamides is 1. The first-order valence-electron chi connectivity index (χ1n) is 11.2. The topological polar surface area (TPSA) is 71.1 Å². The minimum absolute atomic E-state index is 0.0103. The van der Waals surface area contributed by atoms with E-state index in [-0.39, 0.29) is 6.04 Å². The van der Waals surface area contributed by atoms with Crippen LogP contribution in [-0.2, 0) is 16.2 Å². The number of halogens is 3. The van der Waals surface area contributed by atoms with Crippen LogP contribution in [0.2, 0.25) is 0 Å². The largest absolute Gasteiger partial charge is 0.433 e. The SMILES string of the molecule is CC(C)(C)S(=O)(=O)NC1CCC(CNCCSc2cc(C(F)(F)F)nc3ccccc23)CC1. The summed E-state index contributed by atoms with van der Waals surface area (Å²) in [5.41, 5.74) is -0.517. The molecule has 0 radical (unpaired) electrons. The number of hydrogen-bond donors (Lipinski definition) is 2. The first kappa shape index (κ1) is 26.2. The van der Waals surface area contributed by atoms with Crippen molar-refractivity contribution in [2.45, 2.75) is 68.3 Å². The number of pyridine rings is 1. The molecular weight excluding hydrogens is 471 g/mol. The average Bonchev–Trinajstić information content (AvgIpc) is 2.72. The van der Waals surface area contributed by atoms with E-state index in [0.29, 0.717) is 28.6 Å². The molecular formula is C23H32F3N3O2S2. The highest BCUT2D eigenvalue weighted by Crippen LogP contribution is 2.34. The fourth-order valence-corrected chi connectivity index (χ4v) is 5.85. The summed E-state index contributed by atoms with van der Waals surface area (Å²) >= 11 is 1.40. The van der Waals surface area contributed by atoms with E-state index in [2.05, 4.69) is 15.0 Å². The van der Waals surface area contributed by atoms with Gasteiger partial charge in [-0.05, 0) is 71.0 Å². The summed E-state index contributed by atoms with van der Waals surface area (Å²) in [5, 5.41) is 4.14. The van der Waals surface area contributed by atoms with Crippen LogP contribution < -0.4 is 10.0 Å².